The molecule has 4 nitrogen and oxygen atoms in total. The van der Waals surface area contributed by atoms with Gasteiger partial charge in [-0.2, -0.15) is 0 Å². The Morgan fingerprint density at radius 1 is 1.18 bits per heavy atom. The summed E-state index contributed by atoms with van der Waals surface area (Å²) in [7, 11) is 0. The third-order valence-corrected chi connectivity index (χ3v) is 5.28. The van der Waals surface area contributed by atoms with Gasteiger partial charge in [0.2, 0.25) is 0 Å². The van der Waals surface area contributed by atoms with Crippen LogP contribution >= 0.6 is 0 Å². The number of hydrogen-bond acceptors (Lipinski definition) is 3. The number of nitrogens with zero attached hydrogens (tertiary/aromatic N) is 2. The molecule has 2 aromatic carbocycles. The number of anilines is 1. The number of fused-ring (bicyclic) bond motifs is 1. The third-order valence-electron chi connectivity index (χ3n) is 5.28. The van der Waals surface area contributed by atoms with Crippen molar-refractivity contribution in [3.63, 3.8) is 0 Å². The minimum atomic E-state index is -0.928. The predicted molar refractivity (Wildman–Crippen MR) is 117 cm³/mol. The largest absolute Gasteiger partial charge is 0.478 e. The van der Waals surface area contributed by atoms with E-state index in [4.69, 9.17) is 5.11 Å². The van der Waals surface area contributed by atoms with Gasteiger partial charge >= 0.3 is 5.97 Å². The maximum Gasteiger partial charge on any atom is 0.335 e. The minimum absolute atomic E-state index is 0.00102. The van der Waals surface area contributed by atoms with E-state index in [0.29, 0.717) is 0 Å². The second-order valence-corrected chi connectivity index (χ2v) is 7.97. The Bertz CT molecular complexity index is 953. The zero-order valence-electron chi connectivity index (χ0n) is 17.3. The number of aliphatic imine (C=N–C) groups is 1. The highest BCUT2D eigenvalue weighted by Crippen LogP contribution is 2.40. The molecule has 1 aliphatic heterocycles. The lowest BCUT2D eigenvalue weighted by Crippen LogP contribution is -2.45. The zero-order valence-corrected chi connectivity index (χ0v) is 17.3. The van der Waals surface area contributed by atoms with Crippen molar-refractivity contribution in [1.82, 2.24) is 0 Å². The van der Waals surface area contributed by atoms with E-state index in [0.717, 1.165) is 24.2 Å². The van der Waals surface area contributed by atoms with Crippen LogP contribution < -0.4 is 4.90 Å². The molecular weight excluding hydrogens is 348 g/mol. The van der Waals surface area contributed by atoms with Crippen LogP contribution in [-0.4, -0.2) is 29.4 Å². The number of carboxylic acid groups (broad SMARTS) is 1. The van der Waals surface area contributed by atoms with E-state index in [2.05, 4.69) is 62.7 Å². The molecule has 0 amide bonds. The summed E-state index contributed by atoms with van der Waals surface area (Å²) in [6.45, 7) is 12.0. The lowest BCUT2D eigenvalue weighted by atomic mass is 9.87. The molecule has 1 N–H and O–H groups in total. The van der Waals surface area contributed by atoms with Gasteiger partial charge in [0.15, 0.2) is 0 Å². The maximum absolute atomic E-state index is 11.0. The summed E-state index contributed by atoms with van der Waals surface area (Å²) >= 11 is 0. The van der Waals surface area contributed by atoms with Crippen molar-refractivity contribution in [3.8, 4) is 0 Å². The number of carboxylic acids is 1. The van der Waals surface area contributed by atoms with Crippen LogP contribution in [0.4, 0.5) is 11.4 Å². The Morgan fingerprint density at radius 3 is 2.46 bits per heavy atom. The number of aryl methyl sites for hydroxylation is 1. The average Bonchev–Trinajstić information content (AvgIpc) is 2.63. The van der Waals surface area contributed by atoms with Gasteiger partial charge in [-0.25, -0.2) is 4.79 Å². The SMILES string of the molecule is CCCN1c2cc(C)c(C=Nc3ccc(C(=O)O)cc3)cc2C(C)=CC1(C)C. The number of aromatic carboxylic acids is 1. The van der Waals surface area contributed by atoms with Crippen molar-refractivity contribution in [2.24, 2.45) is 4.99 Å². The van der Waals surface area contributed by atoms with Gasteiger partial charge in [-0.1, -0.05) is 13.0 Å². The first-order valence-electron chi connectivity index (χ1n) is 9.72. The molecular formula is C24H28N2O2. The van der Waals surface area contributed by atoms with Crippen molar-refractivity contribution in [2.75, 3.05) is 11.4 Å². The summed E-state index contributed by atoms with van der Waals surface area (Å²) < 4.78 is 0. The van der Waals surface area contributed by atoms with E-state index in [1.165, 1.54) is 22.4 Å². The van der Waals surface area contributed by atoms with Crippen LogP contribution in [0.2, 0.25) is 0 Å². The standard InChI is InChI=1S/C24H28N2O2/c1-6-11-26-22-12-16(2)19(13-21(22)17(3)14-24(26,4)5)15-25-20-9-7-18(8-10-20)23(27)28/h7-10,12-15H,6,11H2,1-5H3,(H,27,28). The van der Waals surface area contributed by atoms with Crippen molar-refractivity contribution < 1.29 is 9.90 Å². The van der Waals surface area contributed by atoms with E-state index < -0.39 is 5.97 Å². The van der Waals surface area contributed by atoms with Gasteiger partial charge in [-0.15, -0.1) is 0 Å². The first-order valence-corrected chi connectivity index (χ1v) is 9.72. The van der Waals surface area contributed by atoms with Crippen molar-refractivity contribution in [1.29, 1.82) is 0 Å². The van der Waals surface area contributed by atoms with Gasteiger partial charge in [0.1, 0.15) is 0 Å². The molecule has 4 heteroatoms. The van der Waals surface area contributed by atoms with Gasteiger partial charge < -0.3 is 10.0 Å². The van der Waals surface area contributed by atoms with Crippen LogP contribution in [0.3, 0.4) is 0 Å². The Labute approximate surface area is 167 Å². The van der Waals surface area contributed by atoms with Gasteiger partial charge in [-0.05, 0) is 87.2 Å². The molecule has 0 spiro atoms. The van der Waals surface area contributed by atoms with Crippen molar-refractivity contribution in [3.05, 3.63) is 64.7 Å². The summed E-state index contributed by atoms with van der Waals surface area (Å²) in [5.41, 5.74) is 7.08. The smallest absolute Gasteiger partial charge is 0.335 e. The molecule has 0 aliphatic carbocycles. The Hall–Kier alpha value is -2.88. The molecule has 0 saturated carbocycles. The van der Waals surface area contributed by atoms with Crippen LogP contribution in [0.5, 0.6) is 0 Å². The first kappa shape index (κ1) is 19.9. The molecule has 0 saturated heterocycles. The zero-order chi connectivity index (χ0) is 20.5. The van der Waals surface area contributed by atoms with Crippen molar-refractivity contribution in [2.45, 2.75) is 46.6 Å². The quantitative estimate of drug-likeness (QED) is 0.665. The second kappa shape index (κ2) is 7.63. The number of rotatable bonds is 5. The lowest BCUT2D eigenvalue weighted by Gasteiger charge is -2.43. The van der Waals surface area contributed by atoms with E-state index in [1.54, 1.807) is 24.3 Å². The van der Waals surface area contributed by atoms with Crippen LogP contribution in [-0.2, 0) is 0 Å². The second-order valence-electron chi connectivity index (χ2n) is 7.97. The maximum atomic E-state index is 11.0. The molecule has 146 valence electrons. The third kappa shape index (κ3) is 3.86. The predicted octanol–water partition coefficient (Wildman–Crippen LogP) is 5.86. The molecule has 28 heavy (non-hydrogen) atoms. The van der Waals surface area contributed by atoms with E-state index in [-0.39, 0.29) is 11.1 Å². The molecule has 0 fully saturated rings. The number of benzene rings is 2. The number of hydrogen-bond donors (Lipinski definition) is 1. The Balaban J connectivity index is 1.96. The van der Waals surface area contributed by atoms with Gasteiger partial charge in [0.25, 0.3) is 0 Å². The normalized spacial score (nSPS) is 15.5. The van der Waals surface area contributed by atoms with E-state index >= 15 is 0 Å². The highest BCUT2D eigenvalue weighted by atomic mass is 16.4. The molecule has 0 aromatic heterocycles. The van der Waals surface area contributed by atoms with Crippen LogP contribution in [0.25, 0.3) is 5.57 Å². The lowest BCUT2D eigenvalue weighted by molar-refractivity contribution is 0.0697. The summed E-state index contributed by atoms with van der Waals surface area (Å²) in [4.78, 5) is 18.0. The highest BCUT2D eigenvalue weighted by Gasteiger charge is 2.31. The molecule has 1 aliphatic rings. The average molecular weight is 377 g/mol. The fraction of sp³-hybridized carbons (Fsp3) is 0.333. The number of carbonyl (C=O) groups is 1. The summed E-state index contributed by atoms with van der Waals surface area (Å²) in [6.07, 6.45) is 5.30. The van der Waals surface area contributed by atoms with Crippen molar-refractivity contribution >= 4 is 29.1 Å². The van der Waals surface area contributed by atoms with Gasteiger partial charge in [0, 0.05) is 24.0 Å². The fourth-order valence-electron chi connectivity index (χ4n) is 3.85. The monoisotopic (exact) mass is 376 g/mol. The molecule has 0 unspecified atom stereocenters. The summed E-state index contributed by atoms with van der Waals surface area (Å²) in [5, 5.41) is 9.01. The molecule has 0 radical (unpaired) electrons. The first-order chi connectivity index (χ1) is 13.2. The summed E-state index contributed by atoms with van der Waals surface area (Å²) in [6, 6.07) is 11.1. The van der Waals surface area contributed by atoms with Crippen LogP contribution in [0.15, 0.2) is 47.5 Å². The minimum Gasteiger partial charge on any atom is -0.478 e. The van der Waals surface area contributed by atoms with Gasteiger partial charge in [0.05, 0.1) is 16.8 Å². The van der Waals surface area contributed by atoms with E-state index in [1.807, 2.05) is 6.21 Å². The fourth-order valence-corrected chi connectivity index (χ4v) is 3.85. The van der Waals surface area contributed by atoms with Crippen LogP contribution in [0, 0.1) is 6.92 Å². The van der Waals surface area contributed by atoms with Crippen LogP contribution in [0.1, 0.15) is 61.2 Å². The molecule has 0 bridgehead atoms. The topological polar surface area (TPSA) is 52.9 Å². The Morgan fingerprint density at radius 2 is 1.86 bits per heavy atom. The molecule has 3 rings (SSSR count). The Kier molecular flexibility index (Phi) is 5.41. The summed E-state index contributed by atoms with van der Waals surface area (Å²) in [5.74, 6) is -0.928. The number of allylic oxidation sites excluding steroid dienone is 1. The molecule has 1 heterocycles. The molecule has 0 atom stereocenters. The van der Waals surface area contributed by atoms with E-state index in [9.17, 15) is 4.79 Å². The van der Waals surface area contributed by atoms with Gasteiger partial charge in [-0.3, -0.25) is 4.99 Å². The highest BCUT2D eigenvalue weighted by molar-refractivity contribution is 5.91. The molecule has 2 aromatic rings.